The molecule has 1 rings (SSSR count). The van der Waals surface area contributed by atoms with Crippen molar-refractivity contribution < 1.29 is 0 Å². The van der Waals surface area contributed by atoms with E-state index in [1.165, 1.54) is 5.56 Å². The molecule has 0 N–H and O–H groups in total. The summed E-state index contributed by atoms with van der Waals surface area (Å²) in [7, 11) is 4.18. The van der Waals surface area contributed by atoms with E-state index in [0.29, 0.717) is 0 Å². The third-order valence-electron chi connectivity index (χ3n) is 3.12. The minimum Gasteiger partial charge on any atom is -0.300 e. The number of nitrogens with zero attached hydrogens (tertiary/aromatic N) is 1. The summed E-state index contributed by atoms with van der Waals surface area (Å²) in [4.78, 5) is 2.22. The van der Waals surface area contributed by atoms with Gasteiger partial charge in [0, 0.05) is 5.54 Å². The summed E-state index contributed by atoms with van der Waals surface area (Å²) in [6.07, 6.45) is 5.88. The first-order chi connectivity index (χ1) is 7.64. The van der Waals surface area contributed by atoms with Gasteiger partial charge in [-0.2, -0.15) is 0 Å². The molecule has 0 aliphatic rings. The van der Waals surface area contributed by atoms with Gasteiger partial charge in [-0.15, -0.1) is 13.2 Å². The number of hydrogen-bond donors (Lipinski definition) is 0. The van der Waals surface area contributed by atoms with E-state index in [2.05, 4.69) is 56.4 Å². The van der Waals surface area contributed by atoms with Crippen LogP contribution in [-0.4, -0.2) is 24.5 Å². The highest BCUT2D eigenvalue weighted by Gasteiger charge is 2.27. The fraction of sp³-hybridized carbons (Fsp3) is 0.333. The lowest BCUT2D eigenvalue weighted by atomic mass is 9.86. The summed E-state index contributed by atoms with van der Waals surface area (Å²) in [6, 6.07) is 10.5. The van der Waals surface area contributed by atoms with Gasteiger partial charge in [0.25, 0.3) is 0 Å². The zero-order valence-electron chi connectivity index (χ0n) is 10.3. The molecule has 0 aromatic heterocycles. The molecule has 1 atom stereocenters. The van der Waals surface area contributed by atoms with Crippen LogP contribution >= 0.6 is 0 Å². The van der Waals surface area contributed by atoms with Crippen LogP contribution in [0.4, 0.5) is 0 Å². The van der Waals surface area contributed by atoms with Crippen LogP contribution < -0.4 is 0 Å². The Hall–Kier alpha value is -1.34. The maximum absolute atomic E-state index is 3.98. The molecular weight excluding hydrogens is 194 g/mol. The Labute approximate surface area is 99.1 Å². The summed E-state index contributed by atoms with van der Waals surface area (Å²) in [5.74, 6) is 0. The van der Waals surface area contributed by atoms with Crippen LogP contribution in [0.15, 0.2) is 55.6 Å². The van der Waals surface area contributed by atoms with E-state index in [0.717, 1.165) is 12.8 Å². The summed E-state index contributed by atoms with van der Waals surface area (Å²) in [5.41, 5.74) is 1.31. The van der Waals surface area contributed by atoms with E-state index in [1.54, 1.807) is 0 Å². The Morgan fingerprint density at radius 3 is 2.25 bits per heavy atom. The molecule has 0 radical (unpaired) electrons. The topological polar surface area (TPSA) is 3.24 Å². The molecule has 0 heterocycles. The Morgan fingerprint density at radius 1 is 1.19 bits per heavy atom. The Morgan fingerprint density at radius 2 is 1.81 bits per heavy atom. The molecule has 0 saturated heterocycles. The van der Waals surface area contributed by atoms with Gasteiger partial charge >= 0.3 is 0 Å². The standard InChI is InChI=1S/C15H21N/c1-5-12-15(6-2,16(3)4)13-14-10-8-7-9-11-14/h5-11H,1-2,12-13H2,3-4H3. The van der Waals surface area contributed by atoms with Crippen molar-refractivity contribution in [3.05, 3.63) is 61.2 Å². The van der Waals surface area contributed by atoms with E-state index < -0.39 is 0 Å². The van der Waals surface area contributed by atoms with Crippen molar-refractivity contribution in [2.75, 3.05) is 14.1 Å². The third-order valence-corrected chi connectivity index (χ3v) is 3.12. The minimum atomic E-state index is -0.0247. The van der Waals surface area contributed by atoms with Crippen LogP contribution in [-0.2, 0) is 6.42 Å². The van der Waals surface area contributed by atoms with Gasteiger partial charge in [-0.05, 0) is 32.5 Å². The number of likely N-dealkylation sites (N-methyl/N-ethyl adjacent to an activating group) is 1. The maximum Gasteiger partial charge on any atom is 0.0457 e. The molecule has 0 bridgehead atoms. The lowest BCUT2D eigenvalue weighted by Crippen LogP contribution is -2.43. The first-order valence-electron chi connectivity index (χ1n) is 5.60. The lowest BCUT2D eigenvalue weighted by molar-refractivity contribution is 0.209. The molecule has 1 nitrogen and oxygen atoms in total. The molecule has 1 heteroatoms. The predicted molar refractivity (Wildman–Crippen MR) is 71.6 cm³/mol. The molecular formula is C15H21N. The largest absolute Gasteiger partial charge is 0.300 e. The summed E-state index contributed by atoms with van der Waals surface area (Å²) in [5, 5.41) is 0. The zero-order chi connectivity index (χ0) is 12.0. The molecule has 0 aliphatic carbocycles. The predicted octanol–water partition coefficient (Wildman–Crippen LogP) is 3.29. The first-order valence-corrected chi connectivity index (χ1v) is 5.60. The first kappa shape index (κ1) is 12.7. The zero-order valence-corrected chi connectivity index (χ0v) is 10.3. The lowest BCUT2D eigenvalue weighted by Gasteiger charge is -2.36. The average molecular weight is 215 g/mol. The second-order valence-electron chi connectivity index (χ2n) is 4.36. The molecule has 1 aromatic carbocycles. The smallest absolute Gasteiger partial charge is 0.0457 e. The van der Waals surface area contributed by atoms with Crippen LogP contribution in [0.2, 0.25) is 0 Å². The highest BCUT2D eigenvalue weighted by molar-refractivity contribution is 5.21. The highest BCUT2D eigenvalue weighted by atomic mass is 15.1. The van der Waals surface area contributed by atoms with E-state index in [4.69, 9.17) is 0 Å². The van der Waals surface area contributed by atoms with Crippen LogP contribution in [0.25, 0.3) is 0 Å². The van der Waals surface area contributed by atoms with E-state index >= 15 is 0 Å². The van der Waals surface area contributed by atoms with Crippen molar-refractivity contribution in [2.45, 2.75) is 18.4 Å². The van der Waals surface area contributed by atoms with Gasteiger partial charge in [0.15, 0.2) is 0 Å². The molecule has 0 saturated carbocycles. The normalized spacial score (nSPS) is 14.4. The molecule has 0 amide bonds. The van der Waals surface area contributed by atoms with Crippen molar-refractivity contribution in [2.24, 2.45) is 0 Å². The second kappa shape index (κ2) is 5.66. The maximum atomic E-state index is 3.98. The van der Waals surface area contributed by atoms with Gasteiger partial charge in [-0.1, -0.05) is 42.5 Å². The molecule has 0 aliphatic heterocycles. The third kappa shape index (κ3) is 2.83. The average Bonchev–Trinajstić information content (AvgIpc) is 2.29. The van der Waals surface area contributed by atoms with Crippen molar-refractivity contribution in [3.63, 3.8) is 0 Å². The van der Waals surface area contributed by atoms with Gasteiger partial charge < -0.3 is 0 Å². The molecule has 1 aromatic rings. The Kier molecular flexibility index (Phi) is 4.51. The van der Waals surface area contributed by atoms with Gasteiger partial charge in [0.05, 0.1) is 0 Å². The number of rotatable bonds is 6. The van der Waals surface area contributed by atoms with Crippen LogP contribution in [0, 0.1) is 0 Å². The van der Waals surface area contributed by atoms with Crippen LogP contribution in [0.3, 0.4) is 0 Å². The van der Waals surface area contributed by atoms with Crippen LogP contribution in [0.1, 0.15) is 12.0 Å². The van der Waals surface area contributed by atoms with Gasteiger partial charge in [0.2, 0.25) is 0 Å². The van der Waals surface area contributed by atoms with Gasteiger partial charge in [0.1, 0.15) is 0 Å². The van der Waals surface area contributed by atoms with Crippen molar-refractivity contribution >= 4 is 0 Å². The quantitative estimate of drug-likeness (QED) is 0.658. The molecule has 1 unspecified atom stereocenters. The van der Waals surface area contributed by atoms with Crippen molar-refractivity contribution in [1.29, 1.82) is 0 Å². The molecule has 0 spiro atoms. The molecule has 16 heavy (non-hydrogen) atoms. The second-order valence-corrected chi connectivity index (χ2v) is 4.36. The monoisotopic (exact) mass is 215 g/mol. The van der Waals surface area contributed by atoms with Crippen molar-refractivity contribution in [1.82, 2.24) is 4.90 Å². The fourth-order valence-corrected chi connectivity index (χ4v) is 1.95. The van der Waals surface area contributed by atoms with Gasteiger partial charge in [-0.3, -0.25) is 4.90 Å². The van der Waals surface area contributed by atoms with Crippen LogP contribution in [0.5, 0.6) is 0 Å². The highest BCUT2D eigenvalue weighted by Crippen LogP contribution is 2.24. The Bertz CT molecular complexity index is 340. The summed E-state index contributed by atoms with van der Waals surface area (Å²) >= 11 is 0. The fourth-order valence-electron chi connectivity index (χ4n) is 1.95. The summed E-state index contributed by atoms with van der Waals surface area (Å²) in [6.45, 7) is 7.82. The van der Waals surface area contributed by atoms with E-state index in [-0.39, 0.29) is 5.54 Å². The Balaban J connectivity index is 2.94. The van der Waals surface area contributed by atoms with E-state index in [9.17, 15) is 0 Å². The number of benzene rings is 1. The SMILES string of the molecule is C=CCC(C=C)(Cc1ccccc1)N(C)C. The molecule has 86 valence electrons. The summed E-state index contributed by atoms with van der Waals surface area (Å²) < 4.78 is 0. The van der Waals surface area contributed by atoms with E-state index in [1.807, 2.05) is 18.2 Å². The minimum absolute atomic E-state index is 0.0247. The molecule has 0 fully saturated rings. The number of hydrogen-bond acceptors (Lipinski definition) is 1. The van der Waals surface area contributed by atoms with Gasteiger partial charge in [-0.25, -0.2) is 0 Å². The van der Waals surface area contributed by atoms with Crippen molar-refractivity contribution in [3.8, 4) is 0 Å².